The maximum atomic E-state index is 2.43. The normalized spacial score (nSPS) is 15.3. The fourth-order valence-corrected chi connectivity index (χ4v) is 3.04. The SMILES string of the molecule is CC(C)(C)CCCC(CCCCC[N+](C)(C)C)C(C)(C)C. The third-order valence-corrected chi connectivity index (χ3v) is 4.59. The summed E-state index contributed by atoms with van der Waals surface area (Å²) in [6.07, 6.45) is 9.79. The van der Waals surface area contributed by atoms with Gasteiger partial charge in [-0.15, -0.1) is 0 Å². The molecule has 0 aliphatic carbocycles. The topological polar surface area (TPSA) is 0 Å². The number of hydrogen-bond acceptors (Lipinski definition) is 0. The van der Waals surface area contributed by atoms with Crippen LogP contribution in [0, 0.1) is 16.7 Å². The lowest BCUT2D eigenvalue weighted by Gasteiger charge is -2.32. The highest BCUT2D eigenvalue weighted by Crippen LogP contribution is 2.35. The summed E-state index contributed by atoms with van der Waals surface area (Å²) in [4.78, 5) is 0. The largest absolute Gasteiger partial charge is 0.331 e. The van der Waals surface area contributed by atoms with E-state index >= 15 is 0 Å². The fraction of sp³-hybridized carbons (Fsp3) is 1.00. The Labute approximate surface area is 136 Å². The molecule has 0 aromatic heterocycles. The maximum Gasteiger partial charge on any atom is 0.0780 e. The molecular weight excluding hydrogens is 254 g/mol. The van der Waals surface area contributed by atoms with Crippen molar-refractivity contribution in [3.8, 4) is 0 Å². The Bertz CT molecular complexity index is 259. The smallest absolute Gasteiger partial charge is 0.0780 e. The molecule has 1 atom stereocenters. The minimum Gasteiger partial charge on any atom is -0.331 e. The van der Waals surface area contributed by atoms with E-state index in [2.05, 4.69) is 62.7 Å². The lowest BCUT2D eigenvalue weighted by molar-refractivity contribution is -0.870. The first-order valence-electron chi connectivity index (χ1n) is 9.12. The van der Waals surface area contributed by atoms with Crippen molar-refractivity contribution in [2.24, 2.45) is 16.7 Å². The molecule has 0 rings (SSSR count). The van der Waals surface area contributed by atoms with Gasteiger partial charge in [0, 0.05) is 0 Å². The van der Waals surface area contributed by atoms with E-state index in [4.69, 9.17) is 0 Å². The van der Waals surface area contributed by atoms with Gasteiger partial charge >= 0.3 is 0 Å². The molecule has 0 amide bonds. The quantitative estimate of drug-likeness (QED) is 0.355. The van der Waals surface area contributed by atoms with Crippen LogP contribution in [0.5, 0.6) is 0 Å². The minimum absolute atomic E-state index is 0.470. The van der Waals surface area contributed by atoms with Gasteiger partial charge in [-0.2, -0.15) is 0 Å². The first-order chi connectivity index (χ1) is 9.31. The van der Waals surface area contributed by atoms with Crippen LogP contribution < -0.4 is 0 Å². The van der Waals surface area contributed by atoms with E-state index in [1.54, 1.807) is 0 Å². The van der Waals surface area contributed by atoms with E-state index in [1.807, 2.05) is 0 Å². The van der Waals surface area contributed by atoms with Crippen molar-refractivity contribution in [1.82, 2.24) is 0 Å². The fourth-order valence-electron chi connectivity index (χ4n) is 3.04. The van der Waals surface area contributed by atoms with Crippen LogP contribution in [0.15, 0.2) is 0 Å². The lowest BCUT2D eigenvalue weighted by atomic mass is 9.74. The second kappa shape index (κ2) is 8.56. The van der Waals surface area contributed by atoms with Gasteiger partial charge < -0.3 is 4.48 Å². The molecule has 0 aromatic carbocycles. The molecular formula is C20H44N+. The van der Waals surface area contributed by atoms with Gasteiger partial charge in [-0.05, 0) is 48.9 Å². The Balaban J connectivity index is 4.04. The summed E-state index contributed by atoms with van der Waals surface area (Å²) in [6, 6.07) is 0. The van der Waals surface area contributed by atoms with Crippen molar-refractivity contribution in [3.05, 3.63) is 0 Å². The van der Waals surface area contributed by atoms with Crippen LogP contribution >= 0.6 is 0 Å². The first-order valence-corrected chi connectivity index (χ1v) is 9.12. The third-order valence-electron chi connectivity index (χ3n) is 4.59. The Morgan fingerprint density at radius 3 is 1.67 bits per heavy atom. The van der Waals surface area contributed by atoms with Crippen LogP contribution in [0.3, 0.4) is 0 Å². The van der Waals surface area contributed by atoms with Gasteiger partial charge in [-0.3, -0.25) is 0 Å². The number of quaternary nitrogens is 1. The molecule has 0 N–H and O–H groups in total. The van der Waals surface area contributed by atoms with Gasteiger partial charge in [0.05, 0.1) is 27.7 Å². The summed E-state index contributed by atoms with van der Waals surface area (Å²) in [6.45, 7) is 15.7. The predicted molar refractivity (Wildman–Crippen MR) is 97.6 cm³/mol. The molecule has 0 aliphatic heterocycles. The van der Waals surface area contributed by atoms with Crippen molar-refractivity contribution in [1.29, 1.82) is 0 Å². The number of nitrogens with zero attached hydrogens (tertiary/aromatic N) is 1. The molecule has 0 radical (unpaired) electrons. The van der Waals surface area contributed by atoms with E-state index in [9.17, 15) is 0 Å². The van der Waals surface area contributed by atoms with Crippen LogP contribution in [-0.4, -0.2) is 32.2 Å². The van der Waals surface area contributed by atoms with Crippen LogP contribution in [0.2, 0.25) is 0 Å². The summed E-state index contributed by atoms with van der Waals surface area (Å²) in [5, 5.41) is 0. The summed E-state index contributed by atoms with van der Waals surface area (Å²) in [5.74, 6) is 0.893. The summed E-state index contributed by atoms with van der Waals surface area (Å²) >= 11 is 0. The summed E-state index contributed by atoms with van der Waals surface area (Å²) < 4.78 is 1.11. The Kier molecular flexibility index (Phi) is 8.54. The predicted octanol–water partition coefficient (Wildman–Crippen LogP) is 6.13. The third kappa shape index (κ3) is 13.4. The zero-order valence-electron chi connectivity index (χ0n) is 16.7. The number of hydrogen-bond donors (Lipinski definition) is 0. The molecule has 0 bridgehead atoms. The summed E-state index contributed by atoms with van der Waals surface area (Å²) in [5.41, 5.74) is 0.963. The van der Waals surface area contributed by atoms with Crippen molar-refractivity contribution in [2.45, 2.75) is 86.5 Å². The van der Waals surface area contributed by atoms with Crippen LogP contribution in [0.1, 0.15) is 86.5 Å². The van der Waals surface area contributed by atoms with Crippen molar-refractivity contribution < 1.29 is 4.48 Å². The second-order valence-corrected chi connectivity index (χ2v) is 10.4. The molecule has 0 spiro atoms. The highest BCUT2D eigenvalue weighted by molar-refractivity contribution is 4.75. The van der Waals surface area contributed by atoms with Crippen molar-refractivity contribution in [3.63, 3.8) is 0 Å². The van der Waals surface area contributed by atoms with Crippen LogP contribution in [-0.2, 0) is 0 Å². The van der Waals surface area contributed by atoms with Crippen LogP contribution in [0.4, 0.5) is 0 Å². The standard InChI is InChI=1S/C20H44N/c1-19(2,3)16-13-15-18(20(4,5)6)14-11-10-12-17-21(7,8)9/h18H,10-17H2,1-9H3/q+1. The van der Waals surface area contributed by atoms with E-state index in [-0.39, 0.29) is 0 Å². The van der Waals surface area contributed by atoms with Gasteiger partial charge in [0.25, 0.3) is 0 Å². The van der Waals surface area contributed by atoms with Crippen LogP contribution in [0.25, 0.3) is 0 Å². The first kappa shape index (κ1) is 21.0. The highest BCUT2D eigenvalue weighted by Gasteiger charge is 2.24. The van der Waals surface area contributed by atoms with Gasteiger partial charge in [0.2, 0.25) is 0 Å². The molecule has 1 nitrogen and oxygen atoms in total. The van der Waals surface area contributed by atoms with Gasteiger partial charge in [0.1, 0.15) is 0 Å². The average molecular weight is 299 g/mol. The Hall–Kier alpha value is -0.0400. The van der Waals surface area contributed by atoms with E-state index in [0.29, 0.717) is 10.8 Å². The second-order valence-electron chi connectivity index (χ2n) is 10.4. The molecule has 0 heterocycles. The zero-order valence-corrected chi connectivity index (χ0v) is 16.7. The van der Waals surface area contributed by atoms with E-state index in [1.165, 1.54) is 51.5 Å². The molecule has 1 heteroatoms. The molecule has 0 aromatic rings. The highest BCUT2D eigenvalue weighted by atomic mass is 15.3. The minimum atomic E-state index is 0.470. The molecule has 0 saturated heterocycles. The number of rotatable bonds is 9. The van der Waals surface area contributed by atoms with Gasteiger partial charge in [0.15, 0.2) is 0 Å². The van der Waals surface area contributed by atoms with E-state index < -0.39 is 0 Å². The Morgan fingerprint density at radius 1 is 0.714 bits per heavy atom. The number of unbranched alkanes of at least 4 members (excludes halogenated alkanes) is 2. The lowest BCUT2D eigenvalue weighted by Crippen LogP contribution is -2.35. The molecule has 0 saturated carbocycles. The van der Waals surface area contributed by atoms with Crippen molar-refractivity contribution >= 4 is 0 Å². The van der Waals surface area contributed by atoms with Gasteiger partial charge in [-0.1, -0.05) is 54.4 Å². The monoisotopic (exact) mass is 298 g/mol. The van der Waals surface area contributed by atoms with E-state index in [0.717, 1.165) is 10.4 Å². The molecule has 0 aliphatic rings. The molecule has 0 fully saturated rings. The average Bonchev–Trinajstić information content (AvgIpc) is 2.21. The molecule has 1 unspecified atom stereocenters. The molecule has 128 valence electrons. The van der Waals surface area contributed by atoms with Gasteiger partial charge in [-0.25, -0.2) is 0 Å². The summed E-state index contributed by atoms with van der Waals surface area (Å²) in [7, 11) is 6.89. The maximum absolute atomic E-state index is 2.43. The zero-order chi connectivity index (χ0) is 16.7. The molecule has 21 heavy (non-hydrogen) atoms. The van der Waals surface area contributed by atoms with Crippen molar-refractivity contribution in [2.75, 3.05) is 27.7 Å². The Morgan fingerprint density at radius 2 is 1.24 bits per heavy atom.